The number of furan rings is 2. The smallest absolute Gasteiger partial charge is 0.144 e. The average molecular weight is 654 g/mol. The van der Waals surface area contributed by atoms with Gasteiger partial charge in [0.1, 0.15) is 22.3 Å². The lowest BCUT2D eigenvalue weighted by Crippen LogP contribution is -2.09. The number of hydrogen-bond donors (Lipinski definition) is 0. The molecule has 10 aromatic rings. The van der Waals surface area contributed by atoms with Gasteiger partial charge in [0.15, 0.2) is 0 Å². The van der Waals surface area contributed by atoms with Crippen molar-refractivity contribution in [2.45, 2.75) is 0 Å². The maximum Gasteiger partial charge on any atom is 0.144 e. The van der Waals surface area contributed by atoms with E-state index in [0.717, 1.165) is 72.1 Å². The summed E-state index contributed by atoms with van der Waals surface area (Å²) in [5.74, 6) is 0. The fourth-order valence-electron chi connectivity index (χ4n) is 7.44. The quantitative estimate of drug-likeness (QED) is 0.179. The molecule has 2 aromatic heterocycles. The molecule has 0 unspecified atom stereocenters. The maximum absolute atomic E-state index is 6.78. The second-order valence-electron chi connectivity index (χ2n) is 12.9. The predicted molar refractivity (Wildman–Crippen MR) is 212 cm³/mol. The molecule has 0 aliphatic carbocycles. The summed E-state index contributed by atoms with van der Waals surface area (Å²) >= 11 is 0. The first-order valence-corrected chi connectivity index (χ1v) is 17.3. The third-order valence-corrected chi connectivity index (χ3v) is 9.87. The van der Waals surface area contributed by atoms with Crippen molar-refractivity contribution in [3.8, 4) is 33.4 Å². The zero-order valence-electron chi connectivity index (χ0n) is 27.7. The topological polar surface area (TPSA) is 29.5 Å². The van der Waals surface area contributed by atoms with E-state index in [1.807, 2.05) is 18.2 Å². The molecule has 51 heavy (non-hydrogen) atoms. The number of benzene rings is 8. The first-order valence-electron chi connectivity index (χ1n) is 17.3. The minimum atomic E-state index is 0.835. The number of nitrogens with zero attached hydrogens (tertiary/aromatic N) is 1. The monoisotopic (exact) mass is 653 g/mol. The van der Waals surface area contributed by atoms with Crippen LogP contribution in [0.15, 0.2) is 197 Å². The molecular weight excluding hydrogens is 623 g/mol. The number of rotatable bonds is 6. The lowest BCUT2D eigenvalue weighted by Gasteiger charge is -2.26. The average Bonchev–Trinajstić information content (AvgIpc) is 3.76. The van der Waals surface area contributed by atoms with Crippen molar-refractivity contribution in [2.24, 2.45) is 0 Å². The maximum atomic E-state index is 6.78. The zero-order valence-corrected chi connectivity index (χ0v) is 27.7. The highest BCUT2D eigenvalue weighted by molar-refractivity contribution is 6.23. The second kappa shape index (κ2) is 11.9. The van der Waals surface area contributed by atoms with Gasteiger partial charge in [-0.05, 0) is 82.4 Å². The Morgan fingerprint density at radius 1 is 0.314 bits per heavy atom. The fourth-order valence-corrected chi connectivity index (χ4v) is 7.44. The van der Waals surface area contributed by atoms with E-state index in [9.17, 15) is 0 Å². The van der Waals surface area contributed by atoms with E-state index in [0.29, 0.717) is 0 Å². The van der Waals surface area contributed by atoms with Gasteiger partial charge in [0.2, 0.25) is 0 Å². The summed E-state index contributed by atoms with van der Waals surface area (Å²) in [6.07, 6.45) is 0. The Labute approximate surface area is 295 Å². The molecule has 8 aromatic carbocycles. The van der Waals surface area contributed by atoms with Crippen LogP contribution in [0, 0.1) is 0 Å². The summed E-state index contributed by atoms with van der Waals surface area (Å²) < 4.78 is 13.3. The van der Waals surface area contributed by atoms with E-state index in [-0.39, 0.29) is 0 Å². The molecule has 0 aliphatic rings. The molecule has 0 bridgehead atoms. The van der Waals surface area contributed by atoms with Crippen LogP contribution in [0.3, 0.4) is 0 Å². The van der Waals surface area contributed by atoms with Crippen LogP contribution < -0.4 is 4.90 Å². The molecule has 3 nitrogen and oxygen atoms in total. The van der Waals surface area contributed by atoms with E-state index in [1.165, 1.54) is 22.3 Å². The molecule has 0 atom stereocenters. The summed E-state index contributed by atoms with van der Waals surface area (Å²) in [5, 5.41) is 4.21. The largest absolute Gasteiger partial charge is 0.456 e. The van der Waals surface area contributed by atoms with E-state index in [1.54, 1.807) is 0 Å². The van der Waals surface area contributed by atoms with Gasteiger partial charge in [0, 0.05) is 44.2 Å². The molecule has 0 fully saturated rings. The zero-order chi connectivity index (χ0) is 33.7. The predicted octanol–water partition coefficient (Wildman–Crippen LogP) is 14.0. The number of fused-ring (bicyclic) bond motifs is 6. The molecule has 2 heterocycles. The standard InChI is InChI=1S/C48H31NO2/c1-4-12-32(13-5-1)34-20-24-37(25-21-34)49(38-26-22-35(23-27-38)33-14-6-2-7-15-33)39-28-29-44-41(30-39)42-31-45-47(40-18-10-11-19-43(40)50-45)46(48(42)51-44)36-16-8-3-9-17-36/h1-31H. The fraction of sp³-hybridized carbons (Fsp3) is 0. The normalized spacial score (nSPS) is 11.5. The van der Waals surface area contributed by atoms with Crippen LogP contribution in [0.2, 0.25) is 0 Å². The van der Waals surface area contributed by atoms with Crippen molar-refractivity contribution in [3.05, 3.63) is 188 Å². The minimum Gasteiger partial charge on any atom is -0.456 e. The van der Waals surface area contributed by atoms with Crippen LogP contribution in [0.1, 0.15) is 0 Å². The van der Waals surface area contributed by atoms with Crippen molar-refractivity contribution >= 4 is 60.9 Å². The van der Waals surface area contributed by atoms with Crippen molar-refractivity contribution in [2.75, 3.05) is 4.90 Å². The van der Waals surface area contributed by atoms with Gasteiger partial charge in [0.05, 0.1) is 0 Å². The molecule has 0 saturated carbocycles. The van der Waals surface area contributed by atoms with E-state index < -0.39 is 0 Å². The molecule has 0 amide bonds. The highest BCUT2D eigenvalue weighted by atomic mass is 16.3. The summed E-state index contributed by atoms with van der Waals surface area (Å²) in [5.41, 5.74) is 13.5. The van der Waals surface area contributed by atoms with Gasteiger partial charge >= 0.3 is 0 Å². The Morgan fingerprint density at radius 2 is 0.804 bits per heavy atom. The van der Waals surface area contributed by atoms with Crippen LogP contribution in [-0.4, -0.2) is 0 Å². The Morgan fingerprint density at radius 3 is 1.41 bits per heavy atom. The number of hydrogen-bond acceptors (Lipinski definition) is 3. The van der Waals surface area contributed by atoms with Crippen LogP contribution in [0.4, 0.5) is 17.1 Å². The molecular formula is C48H31NO2. The molecule has 0 aliphatic heterocycles. The van der Waals surface area contributed by atoms with Gasteiger partial charge in [-0.1, -0.05) is 133 Å². The number of anilines is 3. The van der Waals surface area contributed by atoms with Gasteiger partial charge in [-0.15, -0.1) is 0 Å². The second-order valence-corrected chi connectivity index (χ2v) is 12.9. The Balaban J connectivity index is 1.17. The summed E-state index contributed by atoms with van der Waals surface area (Å²) in [7, 11) is 0. The highest BCUT2D eigenvalue weighted by Gasteiger charge is 2.22. The van der Waals surface area contributed by atoms with Crippen molar-refractivity contribution in [1.29, 1.82) is 0 Å². The first-order chi connectivity index (χ1) is 25.3. The lowest BCUT2D eigenvalue weighted by atomic mass is 9.96. The van der Waals surface area contributed by atoms with Gasteiger partial charge in [0.25, 0.3) is 0 Å². The van der Waals surface area contributed by atoms with E-state index in [4.69, 9.17) is 8.83 Å². The molecule has 10 rings (SSSR count). The van der Waals surface area contributed by atoms with E-state index in [2.05, 4.69) is 175 Å². The van der Waals surface area contributed by atoms with Crippen LogP contribution in [0.25, 0.3) is 77.3 Å². The van der Waals surface area contributed by atoms with Gasteiger partial charge in [-0.25, -0.2) is 0 Å². The summed E-state index contributed by atoms with van der Waals surface area (Å²) in [6, 6.07) is 66.0. The Bertz CT molecular complexity index is 2730. The molecule has 0 spiro atoms. The van der Waals surface area contributed by atoms with Crippen LogP contribution in [-0.2, 0) is 0 Å². The van der Waals surface area contributed by atoms with Gasteiger partial charge < -0.3 is 13.7 Å². The lowest BCUT2D eigenvalue weighted by molar-refractivity contribution is 0.664. The van der Waals surface area contributed by atoms with Crippen LogP contribution >= 0.6 is 0 Å². The molecule has 240 valence electrons. The minimum absolute atomic E-state index is 0.835. The third kappa shape index (κ3) is 4.98. The Kier molecular flexibility index (Phi) is 6.81. The van der Waals surface area contributed by atoms with Crippen molar-refractivity contribution in [3.63, 3.8) is 0 Å². The van der Waals surface area contributed by atoms with Crippen molar-refractivity contribution in [1.82, 2.24) is 0 Å². The van der Waals surface area contributed by atoms with Gasteiger partial charge in [-0.2, -0.15) is 0 Å². The summed E-state index contributed by atoms with van der Waals surface area (Å²) in [4.78, 5) is 2.32. The van der Waals surface area contributed by atoms with Crippen LogP contribution in [0.5, 0.6) is 0 Å². The molecule has 3 heteroatoms. The number of para-hydroxylation sites is 1. The first kappa shape index (κ1) is 29.1. The Hall–Kier alpha value is -6.84. The highest BCUT2D eigenvalue weighted by Crippen LogP contribution is 2.46. The summed E-state index contributed by atoms with van der Waals surface area (Å²) in [6.45, 7) is 0. The van der Waals surface area contributed by atoms with Crippen molar-refractivity contribution < 1.29 is 8.83 Å². The third-order valence-electron chi connectivity index (χ3n) is 9.87. The molecule has 0 radical (unpaired) electrons. The molecule has 0 saturated heterocycles. The van der Waals surface area contributed by atoms with E-state index >= 15 is 0 Å². The molecule has 0 N–H and O–H groups in total. The SMILES string of the molecule is c1ccc(-c2ccc(N(c3ccc(-c4ccccc4)cc3)c3ccc4oc5c(-c6ccccc6)c6c(cc5c4c3)oc3ccccc36)cc2)cc1. The van der Waals surface area contributed by atoms with Gasteiger partial charge in [-0.3, -0.25) is 0 Å².